The van der Waals surface area contributed by atoms with Crippen molar-refractivity contribution in [2.45, 2.75) is 25.4 Å². The minimum atomic E-state index is 0.247. The molecule has 0 saturated carbocycles. The lowest BCUT2D eigenvalue weighted by Crippen LogP contribution is -2.31. The monoisotopic (exact) mass is 440 g/mol. The molecular formula is C32H28N2. The Labute approximate surface area is 201 Å². The minimum absolute atomic E-state index is 0.247. The molecule has 6 rings (SSSR count). The Morgan fingerprint density at radius 2 is 1.26 bits per heavy atom. The summed E-state index contributed by atoms with van der Waals surface area (Å²) in [6.07, 6.45) is 0.956. The molecule has 0 N–H and O–H groups in total. The van der Waals surface area contributed by atoms with Crippen LogP contribution in [0.25, 0.3) is 10.9 Å². The molecule has 0 aliphatic heterocycles. The number of rotatable bonds is 6. The summed E-state index contributed by atoms with van der Waals surface area (Å²) in [5.41, 5.74) is 9.22. The summed E-state index contributed by atoms with van der Waals surface area (Å²) >= 11 is 0. The summed E-state index contributed by atoms with van der Waals surface area (Å²) in [4.78, 5) is 7.82. The van der Waals surface area contributed by atoms with Gasteiger partial charge in [0.15, 0.2) is 0 Å². The van der Waals surface area contributed by atoms with Crippen molar-refractivity contribution in [1.29, 1.82) is 0 Å². The van der Waals surface area contributed by atoms with Gasteiger partial charge in [-0.15, -0.1) is 0 Å². The lowest BCUT2D eigenvalue weighted by atomic mass is 9.80. The second kappa shape index (κ2) is 9.24. The van der Waals surface area contributed by atoms with Gasteiger partial charge in [-0.3, -0.25) is 9.88 Å². The van der Waals surface area contributed by atoms with Crippen molar-refractivity contribution in [3.8, 4) is 0 Å². The van der Waals surface area contributed by atoms with Crippen LogP contribution in [0.2, 0.25) is 0 Å². The van der Waals surface area contributed by atoms with Crippen molar-refractivity contribution in [1.82, 2.24) is 9.88 Å². The van der Waals surface area contributed by atoms with Gasteiger partial charge in [0, 0.05) is 30.9 Å². The van der Waals surface area contributed by atoms with Gasteiger partial charge in [0.2, 0.25) is 0 Å². The van der Waals surface area contributed by atoms with Crippen LogP contribution in [0.1, 0.15) is 39.4 Å². The predicted molar refractivity (Wildman–Crippen MR) is 140 cm³/mol. The number of aromatic nitrogens is 1. The molecule has 1 aliphatic rings. The summed E-state index contributed by atoms with van der Waals surface area (Å²) < 4.78 is 0. The molecule has 2 nitrogen and oxygen atoms in total. The molecule has 0 amide bonds. The van der Waals surface area contributed by atoms with Crippen LogP contribution in [0.4, 0.5) is 0 Å². The van der Waals surface area contributed by atoms with Gasteiger partial charge in [0.25, 0.3) is 0 Å². The fourth-order valence-corrected chi connectivity index (χ4v) is 5.32. The van der Waals surface area contributed by atoms with Crippen molar-refractivity contribution < 1.29 is 0 Å². The molecule has 1 atom stereocenters. The van der Waals surface area contributed by atoms with Gasteiger partial charge in [-0.05, 0) is 46.4 Å². The van der Waals surface area contributed by atoms with Crippen molar-refractivity contribution in [2.75, 3.05) is 6.54 Å². The smallest absolute Gasteiger partial charge is 0.0705 e. The van der Waals surface area contributed by atoms with E-state index in [0.717, 1.165) is 31.6 Å². The number of nitrogens with zero attached hydrogens (tertiary/aromatic N) is 2. The third-order valence-electron chi connectivity index (χ3n) is 6.92. The number of hydrogen-bond donors (Lipinski definition) is 0. The molecular weight excluding hydrogens is 412 g/mol. The summed E-state index contributed by atoms with van der Waals surface area (Å²) in [6.45, 7) is 2.76. The van der Waals surface area contributed by atoms with Crippen LogP contribution in [0.5, 0.6) is 0 Å². The quantitative estimate of drug-likeness (QED) is 0.283. The van der Waals surface area contributed by atoms with Crippen LogP contribution in [-0.4, -0.2) is 16.4 Å². The Bertz CT molecular complexity index is 1370. The molecule has 0 spiro atoms. The van der Waals surface area contributed by atoms with E-state index in [-0.39, 0.29) is 5.92 Å². The third-order valence-corrected chi connectivity index (χ3v) is 6.92. The lowest BCUT2D eigenvalue weighted by molar-refractivity contribution is 0.246. The summed E-state index contributed by atoms with van der Waals surface area (Å²) in [6, 6.07) is 41.4. The molecule has 166 valence electrons. The Balaban J connectivity index is 1.41. The average Bonchev–Trinajstić information content (AvgIpc) is 2.88. The van der Waals surface area contributed by atoms with Gasteiger partial charge in [-0.2, -0.15) is 0 Å². The van der Waals surface area contributed by atoms with Crippen LogP contribution < -0.4 is 0 Å². The van der Waals surface area contributed by atoms with E-state index in [2.05, 4.69) is 120 Å². The standard InChI is InChI=1S/C32H28N2/c1-3-11-24(12-4-1)21-34(22-25-13-5-2-6-14-25)23-30-29-17-9-7-15-26(29)19-28-20-27-16-8-10-18-31(27)33-32(28)30/h1-18,20,30H,19,21-23H2. The first kappa shape index (κ1) is 20.8. The molecule has 1 aromatic heterocycles. The lowest BCUT2D eigenvalue weighted by Gasteiger charge is -2.33. The SMILES string of the molecule is c1ccc(CN(Cc2ccccc2)CC2c3ccccc3Cc3cc4ccccc4nc32)cc1. The van der Waals surface area contributed by atoms with E-state index in [4.69, 9.17) is 4.98 Å². The fourth-order valence-electron chi connectivity index (χ4n) is 5.32. The van der Waals surface area contributed by atoms with E-state index in [1.807, 2.05) is 0 Å². The van der Waals surface area contributed by atoms with Gasteiger partial charge >= 0.3 is 0 Å². The second-order valence-corrected chi connectivity index (χ2v) is 9.29. The van der Waals surface area contributed by atoms with Crippen LogP contribution in [0.3, 0.4) is 0 Å². The molecule has 1 aliphatic carbocycles. The van der Waals surface area contributed by atoms with Gasteiger partial charge in [0.1, 0.15) is 0 Å². The van der Waals surface area contributed by atoms with Crippen molar-refractivity contribution in [2.24, 2.45) is 0 Å². The van der Waals surface area contributed by atoms with E-state index in [9.17, 15) is 0 Å². The molecule has 1 heterocycles. The summed E-state index contributed by atoms with van der Waals surface area (Å²) in [5.74, 6) is 0.247. The van der Waals surface area contributed by atoms with Gasteiger partial charge in [-0.25, -0.2) is 0 Å². The highest BCUT2D eigenvalue weighted by Gasteiger charge is 2.29. The minimum Gasteiger partial charge on any atom is -0.294 e. The molecule has 1 unspecified atom stereocenters. The number of hydrogen-bond acceptors (Lipinski definition) is 2. The number of fused-ring (bicyclic) bond motifs is 3. The first-order chi connectivity index (χ1) is 16.8. The summed E-state index contributed by atoms with van der Waals surface area (Å²) in [7, 11) is 0. The Kier molecular flexibility index (Phi) is 5.66. The first-order valence-electron chi connectivity index (χ1n) is 12.1. The van der Waals surface area contributed by atoms with Gasteiger partial charge in [-0.1, -0.05) is 103 Å². The molecule has 0 bridgehead atoms. The van der Waals surface area contributed by atoms with Gasteiger partial charge < -0.3 is 0 Å². The second-order valence-electron chi connectivity index (χ2n) is 9.29. The molecule has 0 radical (unpaired) electrons. The molecule has 0 fully saturated rings. The Hall–Kier alpha value is -3.75. The highest BCUT2D eigenvalue weighted by atomic mass is 15.1. The van der Waals surface area contributed by atoms with Crippen molar-refractivity contribution >= 4 is 10.9 Å². The first-order valence-corrected chi connectivity index (χ1v) is 12.1. The fraction of sp³-hybridized carbons (Fsp3) is 0.156. The molecule has 2 heteroatoms. The normalized spacial score (nSPS) is 14.7. The maximum absolute atomic E-state index is 5.24. The molecule has 4 aromatic carbocycles. The number of para-hydroxylation sites is 1. The Morgan fingerprint density at radius 1 is 0.647 bits per heavy atom. The van der Waals surface area contributed by atoms with Gasteiger partial charge in [0.05, 0.1) is 11.2 Å². The third kappa shape index (κ3) is 4.25. The molecule has 0 saturated heterocycles. The van der Waals surface area contributed by atoms with E-state index in [1.165, 1.54) is 38.9 Å². The molecule has 5 aromatic rings. The van der Waals surface area contributed by atoms with Crippen LogP contribution in [0, 0.1) is 0 Å². The number of pyridine rings is 1. The predicted octanol–water partition coefficient (Wildman–Crippen LogP) is 6.97. The average molecular weight is 441 g/mol. The van der Waals surface area contributed by atoms with Crippen LogP contribution >= 0.6 is 0 Å². The van der Waals surface area contributed by atoms with E-state index in [1.54, 1.807) is 0 Å². The van der Waals surface area contributed by atoms with Crippen LogP contribution in [-0.2, 0) is 19.5 Å². The zero-order valence-electron chi connectivity index (χ0n) is 19.3. The largest absolute Gasteiger partial charge is 0.294 e. The topological polar surface area (TPSA) is 16.1 Å². The number of benzene rings is 4. The van der Waals surface area contributed by atoms with Crippen molar-refractivity contribution in [3.05, 3.63) is 149 Å². The van der Waals surface area contributed by atoms with Crippen LogP contribution in [0.15, 0.2) is 115 Å². The van der Waals surface area contributed by atoms with Crippen molar-refractivity contribution in [3.63, 3.8) is 0 Å². The zero-order valence-corrected chi connectivity index (χ0v) is 19.3. The highest BCUT2D eigenvalue weighted by molar-refractivity contribution is 5.80. The van der Waals surface area contributed by atoms with E-state index >= 15 is 0 Å². The zero-order chi connectivity index (χ0) is 22.7. The highest BCUT2D eigenvalue weighted by Crippen LogP contribution is 2.38. The van der Waals surface area contributed by atoms with E-state index < -0.39 is 0 Å². The van der Waals surface area contributed by atoms with E-state index in [0.29, 0.717) is 0 Å². The Morgan fingerprint density at radius 3 is 2.00 bits per heavy atom. The maximum Gasteiger partial charge on any atom is 0.0705 e. The molecule has 34 heavy (non-hydrogen) atoms. The maximum atomic E-state index is 5.24. The summed E-state index contributed by atoms with van der Waals surface area (Å²) in [5, 5.41) is 1.23.